The summed E-state index contributed by atoms with van der Waals surface area (Å²) >= 11 is 6.32. The lowest BCUT2D eigenvalue weighted by Crippen LogP contribution is -2.45. The fourth-order valence-electron chi connectivity index (χ4n) is 4.39. The van der Waals surface area contributed by atoms with Gasteiger partial charge in [-0.3, -0.25) is 9.59 Å². The van der Waals surface area contributed by atoms with Crippen molar-refractivity contribution in [3.05, 3.63) is 63.9 Å². The van der Waals surface area contributed by atoms with Crippen molar-refractivity contribution in [1.29, 1.82) is 0 Å². The summed E-state index contributed by atoms with van der Waals surface area (Å²) in [5.41, 5.74) is 3.09. The van der Waals surface area contributed by atoms with Crippen LogP contribution in [0.2, 0.25) is 5.02 Å². The van der Waals surface area contributed by atoms with Crippen molar-refractivity contribution < 1.29 is 4.79 Å². The summed E-state index contributed by atoms with van der Waals surface area (Å²) in [5, 5.41) is 4.66. The van der Waals surface area contributed by atoms with Gasteiger partial charge in [0.2, 0.25) is 5.91 Å². The molecule has 1 saturated heterocycles. The Hall–Kier alpha value is -2.79. The third kappa shape index (κ3) is 3.70. The van der Waals surface area contributed by atoms with E-state index >= 15 is 0 Å². The van der Waals surface area contributed by atoms with Gasteiger partial charge in [-0.15, -0.1) is 0 Å². The lowest BCUT2D eigenvalue weighted by atomic mass is 9.94. The number of nitrogens with one attached hydrogen (secondary N) is 2. The van der Waals surface area contributed by atoms with E-state index in [-0.39, 0.29) is 17.4 Å². The molecule has 0 bridgehead atoms. The molecule has 2 heterocycles. The summed E-state index contributed by atoms with van der Waals surface area (Å²) in [7, 11) is 0. The first-order valence-corrected chi connectivity index (χ1v) is 10.9. The molecule has 1 aliphatic carbocycles. The fourth-order valence-corrected chi connectivity index (χ4v) is 4.57. The second kappa shape index (κ2) is 7.80. The van der Waals surface area contributed by atoms with Crippen molar-refractivity contribution in [2.24, 2.45) is 5.92 Å². The lowest BCUT2D eigenvalue weighted by Gasteiger charge is -2.34. The summed E-state index contributed by atoms with van der Waals surface area (Å²) < 4.78 is 0. The third-order valence-corrected chi connectivity index (χ3v) is 6.28. The van der Waals surface area contributed by atoms with Crippen molar-refractivity contribution >= 4 is 34.1 Å². The second-order valence-electron chi connectivity index (χ2n) is 8.30. The van der Waals surface area contributed by atoms with Crippen molar-refractivity contribution in [3.63, 3.8) is 0 Å². The molecule has 1 atom stereocenters. The zero-order chi connectivity index (χ0) is 20.7. The molecular formula is C24H24ClN3O2. The molecule has 6 heteroatoms. The highest BCUT2D eigenvalue weighted by Gasteiger charge is 2.32. The van der Waals surface area contributed by atoms with Gasteiger partial charge < -0.3 is 15.2 Å². The van der Waals surface area contributed by atoms with Crippen LogP contribution < -0.4 is 15.8 Å². The molecule has 2 aliphatic rings. The smallest absolute Gasteiger partial charge is 0.272 e. The standard InChI is InChI=1S/C24H24ClN3O2/c25-17-8-11-20-19(13-17)21(15-5-2-1-3-6-15)22(24(30)27-20)28-12-4-7-16(14-28)23(29)26-18-9-10-18/h1-3,5-6,8,11,13,16,18H,4,7,9-10,12,14H2,(H,26,29)(H,27,30)/t16-/m0/s1. The summed E-state index contributed by atoms with van der Waals surface area (Å²) in [6.45, 7) is 1.30. The maximum absolute atomic E-state index is 13.2. The molecule has 0 radical (unpaired) electrons. The summed E-state index contributed by atoms with van der Waals surface area (Å²) in [5.74, 6) is 0.0150. The maximum Gasteiger partial charge on any atom is 0.272 e. The summed E-state index contributed by atoms with van der Waals surface area (Å²) in [6.07, 6.45) is 3.88. The minimum atomic E-state index is -0.132. The number of halogens is 1. The van der Waals surface area contributed by atoms with E-state index in [1.54, 1.807) is 6.07 Å². The second-order valence-corrected chi connectivity index (χ2v) is 8.74. The average Bonchev–Trinajstić information content (AvgIpc) is 3.58. The van der Waals surface area contributed by atoms with Gasteiger partial charge in [0, 0.05) is 40.6 Å². The summed E-state index contributed by atoms with van der Waals surface area (Å²) in [6, 6.07) is 15.8. The van der Waals surface area contributed by atoms with Crippen LogP contribution in [-0.2, 0) is 4.79 Å². The highest BCUT2D eigenvalue weighted by Crippen LogP contribution is 2.37. The zero-order valence-corrected chi connectivity index (χ0v) is 17.4. The number of anilines is 1. The average molecular weight is 422 g/mol. The molecule has 1 aromatic heterocycles. The molecule has 1 amide bonds. The molecule has 5 nitrogen and oxygen atoms in total. The lowest BCUT2D eigenvalue weighted by molar-refractivity contribution is -0.125. The van der Waals surface area contributed by atoms with Gasteiger partial charge in [0.15, 0.2) is 0 Å². The Morgan fingerprint density at radius 1 is 1.10 bits per heavy atom. The van der Waals surface area contributed by atoms with Crippen LogP contribution in [0.1, 0.15) is 25.7 Å². The number of piperidine rings is 1. The quantitative estimate of drug-likeness (QED) is 0.658. The first-order chi connectivity index (χ1) is 14.6. The normalized spacial score (nSPS) is 19.1. The van der Waals surface area contributed by atoms with Crippen LogP contribution in [0.3, 0.4) is 0 Å². The SMILES string of the molecule is O=C(NC1CC1)[C@H]1CCCN(c2c(-c3ccccc3)c3cc(Cl)ccc3[nH]c2=O)C1. The summed E-state index contributed by atoms with van der Waals surface area (Å²) in [4.78, 5) is 31.0. The van der Waals surface area contributed by atoms with Gasteiger partial charge in [0.25, 0.3) is 5.56 Å². The molecule has 154 valence electrons. The van der Waals surface area contributed by atoms with Gasteiger partial charge in [-0.2, -0.15) is 0 Å². The minimum absolute atomic E-state index is 0.0996. The number of hydrogen-bond donors (Lipinski definition) is 2. The van der Waals surface area contributed by atoms with Crippen molar-refractivity contribution in [2.45, 2.75) is 31.7 Å². The number of aromatic nitrogens is 1. The third-order valence-electron chi connectivity index (χ3n) is 6.05. The molecule has 2 fully saturated rings. The monoisotopic (exact) mass is 421 g/mol. The molecule has 0 spiro atoms. The van der Waals surface area contributed by atoms with Crippen LogP contribution >= 0.6 is 11.6 Å². The Balaban J connectivity index is 1.62. The molecule has 5 rings (SSSR count). The van der Waals surface area contributed by atoms with E-state index < -0.39 is 0 Å². The first kappa shape index (κ1) is 19.2. The van der Waals surface area contributed by atoms with Crippen LogP contribution in [0.5, 0.6) is 0 Å². The number of hydrogen-bond acceptors (Lipinski definition) is 3. The Kier molecular flexibility index (Phi) is 4.99. The molecule has 1 saturated carbocycles. The number of benzene rings is 2. The first-order valence-electron chi connectivity index (χ1n) is 10.6. The Morgan fingerprint density at radius 3 is 2.67 bits per heavy atom. The topological polar surface area (TPSA) is 65.2 Å². The molecule has 30 heavy (non-hydrogen) atoms. The maximum atomic E-state index is 13.2. The predicted molar refractivity (Wildman–Crippen MR) is 121 cm³/mol. The van der Waals surface area contributed by atoms with E-state index in [0.29, 0.717) is 23.3 Å². The van der Waals surface area contributed by atoms with Gasteiger partial charge in [0.1, 0.15) is 5.69 Å². The van der Waals surface area contributed by atoms with Crippen LogP contribution in [0, 0.1) is 5.92 Å². The number of fused-ring (bicyclic) bond motifs is 1. The van der Waals surface area contributed by atoms with Crippen LogP contribution in [0.25, 0.3) is 22.0 Å². The van der Waals surface area contributed by atoms with Crippen molar-refractivity contribution in [1.82, 2.24) is 10.3 Å². The van der Waals surface area contributed by atoms with Gasteiger partial charge in [-0.25, -0.2) is 0 Å². The van der Waals surface area contributed by atoms with E-state index in [9.17, 15) is 9.59 Å². The Labute approximate surface area is 180 Å². The van der Waals surface area contributed by atoms with Crippen LogP contribution in [0.15, 0.2) is 53.3 Å². The number of aromatic amines is 1. The molecule has 2 N–H and O–H groups in total. The van der Waals surface area contributed by atoms with Gasteiger partial charge in [-0.05, 0) is 49.4 Å². The molecule has 2 aromatic carbocycles. The van der Waals surface area contributed by atoms with Crippen LogP contribution in [0.4, 0.5) is 5.69 Å². The molecule has 1 aliphatic heterocycles. The van der Waals surface area contributed by atoms with Crippen molar-refractivity contribution in [3.8, 4) is 11.1 Å². The highest BCUT2D eigenvalue weighted by molar-refractivity contribution is 6.31. The predicted octanol–water partition coefficient (Wildman–Crippen LogP) is 4.34. The van der Waals surface area contributed by atoms with Gasteiger partial charge in [-0.1, -0.05) is 41.9 Å². The van der Waals surface area contributed by atoms with Crippen molar-refractivity contribution in [2.75, 3.05) is 18.0 Å². The molecule has 3 aromatic rings. The number of amides is 1. The fraction of sp³-hybridized carbons (Fsp3) is 0.333. The Morgan fingerprint density at radius 2 is 1.90 bits per heavy atom. The molecular weight excluding hydrogens is 398 g/mol. The minimum Gasteiger partial charge on any atom is -0.366 e. The highest BCUT2D eigenvalue weighted by atomic mass is 35.5. The van der Waals surface area contributed by atoms with E-state index in [4.69, 9.17) is 11.6 Å². The number of pyridine rings is 1. The number of H-pyrrole nitrogens is 1. The Bertz CT molecular complexity index is 1150. The van der Waals surface area contributed by atoms with E-state index in [1.807, 2.05) is 42.5 Å². The largest absolute Gasteiger partial charge is 0.366 e. The zero-order valence-electron chi connectivity index (χ0n) is 16.7. The number of rotatable bonds is 4. The number of carbonyl (C=O) groups excluding carboxylic acids is 1. The number of nitrogens with zero attached hydrogens (tertiary/aromatic N) is 1. The van der Waals surface area contributed by atoms with E-state index in [1.165, 1.54) is 0 Å². The molecule has 0 unspecified atom stereocenters. The van der Waals surface area contributed by atoms with Gasteiger partial charge >= 0.3 is 0 Å². The van der Waals surface area contributed by atoms with E-state index in [2.05, 4.69) is 15.2 Å². The van der Waals surface area contributed by atoms with Crippen LogP contribution in [-0.4, -0.2) is 30.0 Å². The number of carbonyl (C=O) groups is 1. The van der Waals surface area contributed by atoms with Gasteiger partial charge in [0.05, 0.1) is 5.92 Å². The van der Waals surface area contributed by atoms with E-state index in [0.717, 1.165) is 54.3 Å².